The van der Waals surface area contributed by atoms with Crippen molar-refractivity contribution in [2.75, 3.05) is 6.54 Å². The number of carbonyl (C=O) groups excluding carboxylic acids is 1. The monoisotopic (exact) mass is 336 g/mol. The second kappa shape index (κ2) is 6.97. The fourth-order valence-electron chi connectivity index (χ4n) is 1.99. The Kier molecular flexibility index (Phi) is 5.02. The highest BCUT2D eigenvalue weighted by Crippen LogP contribution is 2.25. The average Bonchev–Trinajstić information content (AvgIpc) is 2.50. The summed E-state index contributed by atoms with van der Waals surface area (Å²) in [6.07, 6.45) is 0.390. The van der Waals surface area contributed by atoms with E-state index in [0.717, 1.165) is 6.07 Å². The molecule has 0 aliphatic carbocycles. The number of nitro benzene ring substituents is 1. The van der Waals surface area contributed by atoms with E-state index in [4.69, 9.17) is 11.6 Å². The molecular formula is C15H13ClN2O5. The molecule has 1 amide bonds. The highest BCUT2D eigenvalue weighted by Gasteiger charge is 2.20. The van der Waals surface area contributed by atoms with Crippen LogP contribution in [-0.2, 0) is 6.42 Å². The van der Waals surface area contributed by atoms with Gasteiger partial charge in [0.1, 0.15) is 5.56 Å². The van der Waals surface area contributed by atoms with E-state index in [2.05, 4.69) is 5.32 Å². The third kappa shape index (κ3) is 4.10. The molecule has 0 atom stereocenters. The molecule has 8 heteroatoms. The van der Waals surface area contributed by atoms with Crippen molar-refractivity contribution in [2.24, 2.45) is 0 Å². The van der Waals surface area contributed by atoms with Crippen LogP contribution in [-0.4, -0.2) is 27.6 Å². The minimum absolute atomic E-state index is 0.0760. The standard InChI is InChI=1S/C15H13ClN2O5/c16-10-2-3-11(12(8-10)18(22)23)15(21)17-6-5-9-1-4-13(19)14(20)7-9/h1-4,7-8,19-20H,5-6H2,(H,17,21). The van der Waals surface area contributed by atoms with E-state index in [1.165, 1.54) is 24.3 Å². The van der Waals surface area contributed by atoms with Crippen LogP contribution in [0.1, 0.15) is 15.9 Å². The van der Waals surface area contributed by atoms with E-state index in [-0.39, 0.29) is 34.3 Å². The molecule has 0 saturated carbocycles. The van der Waals surface area contributed by atoms with Crippen LogP contribution in [0.4, 0.5) is 5.69 Å². The lowest BCUT2D eigenvalue weighted by molar-refractivity contribution is -0.385. The van der Waals surface area contributed by atoms with Gasteiger partial charge in [0.25, 0.3) is 11.6 Å². The fourth-order valence-corrected chi connectivity index (χ4v) is 2.15. The van der Waals surface area contributed by atoms with E-state index in [1.54, 1.807) is 6.07 Å². The maximum Gasteiger partial charge on any atom is 0.283 e. The largest absolute Gasteiger partial charge is 0.504 e. The van der Waals surface area contributed by atoms with Crippen LogP contribution >= 0.6 is 11.6 Å². The van der Waals surface area contributed by atoms with Gasteiger partial charge in [-0.3, -0.25) is 14.9 Å². The van der Waals surface area contributed by atoms with Crippen molar-refractivity contribution in [1.82, 2.24) is 5.32 Å². The van der Waals surface area contributed by atoms with Gasteiger partial charge in [0, 0.05) is 17.6 Å². The lowest BCUT2D eigenvalue weighted by atomic mass is 10.1. The molecular weight excluding hydrogens is 324 g/mol. The van der Waals surface area contributed by atoms with Crippen LogP contribution in [0.2, 0.25) is 5.02 Å². The van der Waals surface area contributed by atoms with Crippen molar-refractivity contribution < 1.29 is 19.9 Å². The second-order valence-corrected chi connectivity index (χ2v) is 5.18. The smallest absolute Gasteiger partial charge is 0.283 e. The molecule has 120 valence electrons. The number of nitro groups is 1. The highest BCUT2D eigenvalue weighted by atomic mass is 35.5. The molecule has 0 spiro atoms. The summed E-state index contributed by atoms with van der Waals surface area (Å²) in [7, 11) is 0. The van der Waals surface area contributed by atoms with Gasteiger partial charge >= 0.3 is 0 Å². The van der Waals surface area contributed by atoms with Crippen molar-refractivity contribution >= 4 is 23.2 Å². The first kappa shape index (κ1) is 16.6. The Balaban J connectivity index is 2.02. The Morgan fingerprint density at radius 2 is 1.91 bits per heavy atom. The summed E-state index contributed by atoms with van der Waals surface area (Å²) >= 11 is 5.70. The SMILES string of the molecule is O=C(NCCc1ccc(O)c(O)c1)c1ccc(Cl)cc1[N+](=O)[O-]. The summed E-state index contributed by atoms with van der Waals surface area (Å²) in [4.78, 5) is 22.3. The Bertz CT molecular complexity index is 764. The third-order valence-electron chi connectivity index (χ3n) is 3.14. The van der Waals surface area contributed by atoms with Gasteiger partial charge in [-0.05, 0) is 36.2 Å². The number of hydrogen-bond donors (Lipinski definition) is 3. The van der Waals surface area contributed by atoms with Crippen molar-refractivity contribution in [3.05, 3.63) is 62.7 Å². The summed E-state index contributed by atoms with van der Waals surface area (Å²) in [5.41, 5.74) is 0.261. The molecule has 0 bridgehead atoms. The first-order valence-electron chi connectivity index (χ1n) is 6.61. The summed E-state index contributed by atoms with van der Waals surface area (Å²) in [6.45, 7) is 0.211. The number of nitrogens with zero attached hydrogens (tertiary/aromatic N) is 1. The van der Waals surface area contributed by atoms with E-state index in [1.807, 2.05) is 0 Å². The highest BCUT2D eigenvalue weighted by molar-refractivity contribution is 6.31. The summed E-state index contributed by atoms with van der Waals surface area (Å²) in [5.74, 6) is -1.06. The Morgan fingerprint density at radius 1 is 1.17 bits per heavy atom. The molecule has 0 heterocycles. The van der Waals surface area contributed by atoms with E-state index >= 15 is 0 Å². The predicted octanol–water partition coefficient (Wildman–Crippen LogP) is 2.63. The average molecular weight is 337 g/mol. The van der Waals surface area contributed by atoms with Crippen LogP contribution in [0.15, 0.2) is 36.4 Å². The summed E-state index contributed by atoms with van der Waals surface area (Å²) in [6, 6.07) is 8.15. The van der Waals surface area contributed by atoms with Crippen LogP contribution in [0.25, 0.3) is 0 Å². The maximum absolute atomic E-state index is 12.0. The number of benzene rings is 2. The first-order chi connectivity index (χ1) is 10.9. The van der Waals surface area contributed by atoms with Crippen molar-refractivity contribution in [3.8, 4) is 11.5 Å². The zero-order chi connectivity index (χ0) is 17.0. The molecule has 23 heavy (non-hydrogen) atoms. The van der Waals surface area contributed by atoms with Gasteiger partial charge in [-0.1, -0.05) is 17.7 Å². The Hall–Kier alpha value is -2.80. The van der Waals surface area contributed by atoms with E-state index in [9.17, 15) is 25.1 Å². The molecule has 0 radical (unpaired) electrons. The van der Waals surface area contributed by atoms with Crippen LogP contribution in [0.3, 0.4) is 0 Å². The van der Waals surface area contributed by atoms with Gasteiger partial charge in [-0.2, -0.15) is 0 Å². The molecule has 3 N–H and O–H groups in total. The van der Waals surface area contributed by atoms with Crippen molar-refractivity contribution in [1.29, 1.82) is 0 Å². The van der Waals surface area contributed by atoms with Gasteiger partial charge in [0.15, 0.2) is 11.5 Å². The van der Waals surface area contributed by atoms with E-state index in [0.29, 0.717) is 12.0 Å². The zero-order valence-corrected chi connectivity index (χ0v) is 12.6. The summed E-state index contributed by atoms with van der Waals surface area (Å²) in [5, 5.41) is 32.3. The lowest BCUT2D eigenvalue weighted by Gasteiger charge is -2.07. The first-order valence-corrected chi connectivity index (χ1v) is 6.99. The normalized spacial score (nSPS) is 10.3. The zero-order valence-electron chi connectivity index (χ0n) is 11.8. The molecule has 0 aliphatic heterocycles. The molecule has 0 saturated heterocycles. The predicted molar refractivity (Wildman–Crippen MR) is 83.9 cm³/mol. The van der Waals surface area contributed by atoms with Crippen molar-refractivity contribution in [3.63, 3.8) is 0 Å². The molecule has 0 aromatic heterocycles. The van der Waals surface area contributed by atoms with E-state index < -0.39 is 10.8 Å². The number of phenols is 2. The number of halogens is 1. The molecule has 0 aliphatic rings. The number of phenolic OH excluding ortho intramolecular Hbond substituents is 2. The number of rotatable bonds is 5. The number of hydrogen-bond acceptors (Lipinski definition) is 5. The number of aromatic hydroxyl groups is 2. The molecule has 2 rings (SSSR count). The summed E-state index contributed by atoms with van der Waals surface area (Å²) < 4.78 is 0. The van der Waals surface area contributed by atoms with Crippen LogP contribution < -0.4 is 5.32 Å². The van der Waals surface area contributed by atoms with Crippen molar-refractivity contribution in [2.45, 2.75) is 6.42 Å². The van der Waals surface area contributed by atoms with Crippen LogP contribution in [0.5, 0.6) is 11.5 Å². The number of amides is 1. The lowest BCUT2D eigenvalue weighted by Crippen LogP contribution is -2.26. The van der Waals surface area contributed by atoms with Gasteiger partial charge in [0.2, 0.25) is 0 Å². The van der Waals surface area contributed by atoms with Gasteiger partial charge in [0.05, 0.1) is 4.92 Å². The number of nitrogens with one attached hydrogen (secondary N) is 1. The molecule has 2 aromatic rings. The van der Waals surface area contributed by atoms with Gasteiger partial charge < -0.3 is 15.5 Å². The van der Waals surface area contributed by atoms with Gasteiger partial charge in [-0.25, -0.2) is 0 Å². The van der Waals surface area contributed by atoms with Gasteiger partial charge in [-0.15, -0.1) is 0 Å². The minimum Gasteiger partial charge on any atom is -0.504 e. The third-order valence-corrected chi connectivity index (χ3v) is 3.38. The second-order valence-electron chi connectivity index (χ2n) is 4.75. The Morgan fingerprint density at radius 3 is 2.57 bits per heavy atom. The van der Waals surface area contributed by atoms with Crippen LogP contribution in [0, 0.1) is 10.1 Å². The quantitative estimate of drug-likeness (QED) is 0.441. The number of carbonyl (C=O) groups is 1. The Labute approximate surface area is 136 Å². The molecule has 7 nitrogen and oxygen atoms in total. The molecule has 0 unspecified atom stereocenters. The maximum atomic E-state index is 12.0. The molecule has 0 fully saturated rings. The molecule has 2 aromatic carbocycles. The topological polar surface area (TPSA) is 113 Å². The minimum atomic E-state index is -0.668. The fraction of sp³-hybridized carbons (Fsp3) is 0.133.